The van der Waals surface area contributed by atoms with Crippen molar-refractivity contribution in [3.8, 4) is 0 Å². The number of aryl methyl sites for hydroxylation is 1. The van der Waals surface area contributed by atoms with Crippen LogP contribution >= 0.6 is 0 Å². The normalized spacial score (nSPS) is 21.5. The predicted molar refractivity (Wildman–Crippen MR) is 83.3 cm³/mol. The molecular formula is C18H25NO2. The van der Waals surface area contributed by atoms with Gasteiger partial charge in [-0.05, 0) is 49.7 Å². The van der Waals surface area contributed by atoms with E-state index in [-0.39, 0.29) is 5.92 Å². The molecule has 0 aromatic heterocycles. The van der Waals surface area contributed by atoms with Gasteiger partial charge < -0.3 is 9.64 Å². The quantitative estimate of drug-likeness (QED) is 0.836. The third-order valence-corrected chi connectivity index (χ3v) is 5.01. The molecule has 2 aliphatic rings. The van der Waals surface area contributed by atoms with Crippen LogP contribution in [0.1, 0.15) is 42.7 Å². The zero-order valence-corrected chi connectivity index (χ0v) is 12.9. The van der Waals surface area contributed by atoms with Gasteiger partial charge in [-0.1, -0.05) is 24.3 Å². The lowest BCUT2D eigenvalue weighted by Gasteiger charge is -2.35. The van der Waals surface area contributed by atoms with E-state index < -0.39 is 0 Å². The van der Waals surface area contributed by atoms with E-state index in [1.165, 1.54) is 11.1 Å². The molecule has 3 rings (SSSR count). The van der Waals surface area contributed by atoms with Crippen molar-refractivity contribution in [1.82, 2.24) is 4.90 Å². The molecule has 21 heavy (non-hydrogen) atoms. The average Bonchev–Trinajstić information content (AvgIpc) is 2.56. The summed E-state index contributed by atoms with van der Waals surface area (Å²) >= 11 is 0. The number of amides is 1. The van der Waals surface area contributed by atoms with Gasteiger partial charge in [0, 0.05) is 32.2 Å². The number of ether oxygens (including phenoxy) is 1. The molecule has 1 aromatic rings. The smallest absolute Gasteiger partial charge is 0.225 e. The fraction of sp³-hybridized carbons (Fsp3) is 0.611. The largest absolute Gasteiger partial charge is 0.381 e. The van der Waals surface area contributed by atoms with Crippen LogP contribution in [0.25, 0.3) is 0 Å². The summed E-state index contributed by atoms with van der Waals surface area (Å²) in [5.41, 5.74) is 2.85. The lowest BCUT2D eigenvalue weighted by atomic mass is 9.86. The van der Waals surface area contributed by atoms with E-state index in [1.807, 2.05) is 0 Å². The van der Waals surface area contributed by atoms with Gasteiger partial charge in [0.05, 0.1) is 0 Å². The molecule has 114 valence electrons. The SMILES string of the molecule is Cc1ccccc1C1CCN(C(=O)C2CCOCC2)CC1. The summed E-state index contributed by atoms with van der Waals surface area (Å²) < 4.78 is 5.35. The summed E-state index contributed by atoms with van der Waals surface area (Å²) in [6, 6.07) is 8.66. The maximum Gasteiger partial charge on any atom is 0.225 e. The molecule has 0 spiro atoms. The fourth-order valence-corrected chi connectivity index (χ4v) is 3.66. The van der Waals surface area contributed by atoms with Crippen LogP contribution < -0.4 is 0 Å². The van der Waals surface area contributed by atoms with Gasteiger partial charge in [0.25, 0.3) is 0 Å². The molecule has 3 nitrogen and oxygen atoms in total. The Morgan fingerprint density at radius 1 is 1.10 bits per heavy atom. The molecule has 0 N–H and O–H groups in total. The van der Waals surface area contributed by atoms with Crippen molar-refractivity contribution in [2.24, 2.45) is 5.92 Å². The first kappa shape index (κ1) is 14.6. The van der Waals surface area contributed by atoms with Crippen LogP contribution in [0.15, 0.2) is 24.3 Å². The number of benzene rings is 1. The fourth-order valence-electron chi connectivity index (χ4n) is 3.66. The van der Waals surface area contributed by atoms with Crippen LogP contribution in [0.5, 0.6) is 0 Å². The summed E-state index contributed by atoms with van der Waals surface area (Å²) in [6.45, 7) is 5.51. The molecule has 2 fully saturated rings. The third kappa shape index (κ3) is 3.29. The monoisotopic (exact) mass is 287 g/mol. The second kappa shape index (κ2) is 6.61. The predicted octanol–water partition coefficient (Wildman–Crippen LogP) is 3.13. The molecule has 0 atom stereocenters. The number of rotatable bonds is 2. The second-order valence-electron chi connectivity index (χ2n) is 6.34. The number of likely N-dealkylation sites (tertiary alicyclic amines) is 1. The van der Waals surface area contributed by atoms with Gasteiger partial charge in [-0.25, -0.2) is 0 Å². The van der Waals surface area contributed by atoms with E-state index in [4.69, 9.17) is 4.74 Å². The van der Waals surface area contributed by atoms with E-state index >= 15 is 0 Å². The van der Waals surface area contributed by atoms with Crippen molar-refractivity contribution in [3.63, 3.8) is 0 Å². The molecule has 0 radical (unpaired) electrons. The highest BCUT2D eigenvalue weighted by molar-refractivity contribution is 5.79. The van der Waals surface area contributed by atoms with E-state index in [9.17, 15) is 4.79 Å². The Kier molecular flexibility index (Phi) is 4.59. The molecule has 1 aromatic carbocycles. The van der Waals surface area contributed by atoms with Gasteiger partial charge >= 0.3 is 0 Å². The van der Waals surface area contributed by atoms with Crippen LogP contribution in [-0.4, -0.2) is 37.1 Å². The Morgan fingerprint density at radius 2 is 1.76 bits per heavy atom. The first-order chi connectivity index (χ1) is 10.3. The number of hydrogen-bond donors (Lipinski definition) is 0. The lowest BCUT2D eigenvalue weighted by molar-refractivity contribution is -0.139. The lowest BCUT2D eigenvalue weighted by Crippen LogP contribution is -2.42. The topological polar surface area (TPSA) is 29.5 Å². The standard InChI is InChI=1S/C18H25NO2/c1-14-4-2-3-5-17(14)15-6-10-19(11-7-15)18(20)16-8-12-21-13-9-16/h2-5,15-16H,6-13H2,1H3. The van der Waals surface area contributed by atoms with E-state index in [2.05, 4.69) is 36.1 Å². The molecule has 2 heterocycles. The number of hydrogen-bond acceptors (Lipinski definition) is 2. The van der Waals surface area contributed by atoms with Gasteiger partial charge in [-0.2, -0.15) is 0 Å². The van der Waals surface area contributed by atoms with Crippen molar-refractivity contribution in [2.75, 3.05) is 26.3 Å². The molecule has 0 unspecified atom stereocenters. The highest BCUT2D eigenvalue weighted by Crippen LogP contribution is 2.31. The third-order valence-electron chi connectivity index (χ3n) is 5.01. The molecule has 3 heteroatoms. The van der Waals surface area contributed by atoms with Gasteiger partial charge in [0.15, 0.2) is 0 Å². The minimum Gasteiger partial charge on any atom is -0.381 e. The highest BCUT2D eigenvalue weighted by Gasteiger charge is 2.30. The van der Waals surface area contributed by atoms with E-state index in [1.54, 1.807) is 0 Å². The van der Waals surface area contributed by atoms with Crippen LogP contribution in [0.2, 0.25) is 0 Å². The van der Waals surface area contributed by atoms with Crippen molar-refractivity contribution >= 4 is 5.91 Å². The number of carbonyl (C=O) groups excluding carboxylic acids is 1. The number of piperidine rings is 1. The zero-order chi connectivity index (χ0) is 14.7. The van der Waals surface area contributed by atoms with Crippen molar-refractivity contribution in [2.45, 2.75) is 38.5 Å². The molecule has 0 saturated carbocycles. The van der Waals surface area contributed by atoms with Crippen molar-refractivity contribution in [1.29, 1.82) is 0 Å². The zero-order valence-electron chi connectivity index (χ0n) is 12.9. The molecule has 2 aliphatic heterocycles. The Morgan fingerprint density at radius 3 is 2.43 bits per heavy atom. The number of carbonyl (C=O) groups is 1. The van der Waals surface area contributed by atoms with E-state index in [0.717, 1.165) is 52.0 Å². The van der Waals surface area contributed by atoms with Crippen LogP contribution in [0.3, 0.4) is 0 Å². The first-order valence-corrected chi connectivity index (χ1v) is 8.18. The van der Waals surface area contributed by atoms with Crippen LogP contribution in [-0.2, 0) is 9.53 Å². The summed E-state index contributed by atoms with van der Waals surface area (Å²) in [5, 5.41) is 0. The van der Waals surface area contributed by atoms with Gasteiger partial charge in [-0.15, -0.1) is 0 Å². The van der Waals surface area contributed by atoms with Gasteiger partial charge in [0.1, 0.15) is 0 Å². The Bertz CT molecular complexity index is 486. The van der Waals surface area contributed by atoms with Gasteiger partial charge in [0.2, 0.25) is 5.91 Å². The molecule has 0 bridgehead atoms. The average molecular weight is 287 g/mol. The van der Waals surface area contributed by atoms with Crippen molar-refractivity contribution < 1.29 is 9.53 Å². The Hall–Kier alpha value is -1.35. The summed E-state index contributed by atoms with van der Waals surface area (Å²) in [7, 11) is 0. The maximum absolute atomic E-state index is 12.5. The van der Waals surface area contributed by atoms with Gasteiger partial charge in [-0.3, -0.25) is 4.79 Å². The molecular weight excluding hydrogens is 262 g/mol. The Balaban J connectivity index is 1.57. The highest BCUT2D eigenvalue weighted by atomic mass is 16.5. The number of nitrogens with zero attached hydrogens (tertiary/aromatic N) is 1. The van der Waals surface area contributed by atoms with Crippen LogP contribution in [0, 0.1) is 12.8 Å². The second-order valence-corrected chi connectivity index (χ2v) is 6.34. The first-order valence-electron chi connectivity index (χ1n) is 8.18. The minimum atomic E-state index is 0.203. The summed E-state index contributed by atoms with van der Waals surface area (Å²) in [5.74, 6) is 1.18. The summed E-state index contributed by atoms with van der Waals surface area (Å²) in [4.78, 5) is 14.6. The molecule has 1 amide bonds. The minimum absolute atomic E-state index is 0.203. The van der Waals surface area contributed by atoms with Crippen LogP contribution in [0.4, 0.5) is 0 Å². The van der Waals surface area contributed by atoms with Crippen molar-refractivity contribution in [3.05, 3.63) is 35.4 Å². The van der Waals surface area contributed by atoms with E-state index in [0.29, 0.717) is 11.8 Å². The summed E-state index contributed by atoms with van der Waals surface area (Å²) in [6.07, 6.45) is 3.99. The molecule has 2 saturated heterocycles. The molecule has 0 aliphatic carbocycles. The Labute approximate surface area is 127 Å². The maximum atomic E-state index is 12.5.